The number of halogens is 1. The maximum Gasteiger partial charge on any atom is 0.331 e. The normalized spacial score (nSPS) is 16.8. The predicted molar refractivity (Wildman–Crippen MR) is 102 cm³/mol. The molecule has 4 rings (SSSR count). The molecule has 1 aromatic heterocycles. The lowest BCUT2D eigenvalue weighted by Crippen LogP contribution is -2.52. The molecule has 1 aromatic carbocycles. The molecule has 1 saturated heterocycles. The van der Waals surface area contributed by atoms with Crippen molar-refractivity contribution in [2.45, 2.75) is 0 Å². The number of hydrogen-bond acceptors (Lipinski definition) is 6. The molecule has 140 valence electrons. The Morgan fingerprint density at radius 1 is 1.15 bits per heavy atom. The Bertz CT molecular complexity index is 853. The van der Waals surface area contributed by atoms with Gasteiger partial charge in [-0.15, -0.1) is 0 Å². The summed E-state index contributed by atoms with van der Waals surface area (Å²) in [6, 6.07) is 10.8. The highest BCUT2D eigenvalue weighted by molar-refractivity contribution is 6.31. The summed E-state index contributed by atoms with van der Waals surface area (Å²) in [5, 5.41) is 0.535. The van der Waals surface area contributed by atoms with E-state index in [4.69, 9.17) is 16.3 Å². The van der Waals surface area contributed by atoms with Crippen LogP contribution in [0.15, 0.2) is 42.6 Å². The van der Waals surface area contributed by atoms with Crippen LogP contribution in [0.2, 0.25) is 5.02 Å². The van der Waals surface area contributed by atoms with Gasteiger partial charge in [-0.1, -0.05) is 17.7 Å². The van der Waals surface area contributed by atoms with Gasteiger partial charge in [-0.2, -0.15) is 0 Å². The minimum atomic E-state index is -0.377. The highest BCUT2D eigenvalue weighted by Gasteiger charge is 2.29. The summed E-state index contributed by atoms with van der Waals surface area (Å²) in [7, 11) is 0. The summed E-state index contributed by atoms with van der Waals surface area (Å²) >= 11 is 6.06. The first-order valence-corrected chi connectivity index (χ1v) is 9.17. The zero-order valence-electron chi connectivity index (χ0n) is 14.7. The molecule has 0 N–H and O–H groups in total. The Kier molecular flexibility index (Phi) is 4.85. The predicted octanol–water partition coefficient (Wildman–Crippen LogP) is 1.81. The molecule has 0 saturated carbocycles. The average Bonchev–Trinajstić information content (AvgIpc) is 2.69. The lowest BCUT2D eigenvalue weighted by Gasteiger charge is -2.37. The number of piperazine rings is 1. The summed E-state index contributed by atoms with van der Waals surface area (Å²) in [4.78, 5) is 34.7. The number of carbonyl (C=O) groups excluding carboxylic acids is 2. The van der Waals surface area contributed by atoms with E-state index < -0.39 is 0 Å². The van der Waals surface area contributed by atoms with Crippen LogP contribution < -0.4 is 14.5 Å². The van der Waals surface area contributed by atoms with Crippen molar-refractivity contribution in [3.05, 3.63) is 47.6 Å². The third kappa shape index (κ3) is 3.83. The van der Waals surface area contributed by atoms with E-state index in [1.54, 1.807) is 29.3 Å². The molecule has 0 spiro atoms. The third-order valence-corrected chi connectivity index (χ3v) is 4.97. The van der Waals surface area contributed by atoms with Crippen molar-refractivity contribution in [2.75, 3.05) is 49.1 Å². The van der Waals surface area contributed by atoms with Crippen LogP contribution in [0, 0.1) is 0 Å². The topological polar surface area (TPSA) is 66.0 Å². The lowest BCUT2D eigenvalue weighted by molar-refractivity contribution is -0.133. The molecule has 2 aromatic rings. The van der Waals surface area contributed by atoms with Gasteiger partial charge in [0.25, 0.3) is 0 Å². The van der Waals surface area contributed by atoms with Crippen LogP contribution in [0.1, 0.15) is 0 Å². The smallest absolute Gasteiger partial charge is 0.331 e. The Morgan fingerprint density at radius 2 is 1.96 bits per heavy atom. The number of hydrogen-bond donors (Lipinski definition) is 0. The van der Waals surface area contributed by atoms with E-state index in [1.165, 1.54) is 0 Å². The zero-order valence-corrected chi connectivity index (χ0v) is 15.4. The van der Waals surface area contributed by atoms with Crippen LogP contribution in [0.3, 0.4) is 0 Å². The van der Waals surface area contributed by atoms with E-state index in [0.29, 0.717) is 29.5 Å². The van der Waals surface area contributed by atoms with Gasteiger partial charge >= 0.3 is 5.97 Å². The van der Waals surface area contributed by atoms with E-state index in [-0.39, 0.29) is 25.0 Å². The lowest BCUT2D eigenvalue weighted by atomic mass is 10.2. The number of benzene rings is 1. The molecule has 0 bridgehead atoms. The van der Waals surface area contributed by atoms with Crippen LogP contribution in [-0.4, -0.2) is 61.0 Å². The largest absolute Gasteiger partial charge is 0.423 e. The zero-order chi connectivity index (χ0) is 18.8. The maximum absolute atomic E-state index is 12.8. The van der Waals surface area contributed by atoms with Gasteiger partial charge < -0.3 is 19.4 Å². The minimum Gasteiger partial charge on any atom is -0.423 e. The fourth-order valence-electron chi connectivity index (χ4n) is 3.35. The van der Waals surface area contributed by atoms with Crippen LogP contribution >= 0.6 is 11.6 Å². The van der Waals surface area contributed by atoms with Crippen molar-refractivity contribution < 1.29 is 14.3 Å². The van der Waals surface area contributed by atoms with Crippen LogP contribution in [0.4, 0.5) is 11.5 Å². The van der Waals surface area contributed by atoms with E-state index in [0.717, 1.165) is 18.9 Å². The molecule has 3 heterocycles. The fourth-order valence-corrected chi connectivity index (χ4v) is 3.52. The van der Waals surface area contributed by atoms with Gasteiger partial charge in [0, 0.05) is 37.4 Å². The van der Waals surface area contributed by atoms with Gasteiger partial charge in [0.05, 0.1) is 12.2 Å². The van der Waals surface area contributed by atoms with Gasteiger partial charge in [0.15, 0.2) is 5.75 Å². The number of fused-ring (bicyclic) bond motifs is 1. The molecule has 0 unspecified atom stereocenters. The molecule has 27 heavy (non-hydrogen) atoms. The van der Waals surface area contributed by atoms with Crippen molar-refractivity contribution in [3.63, 3.8) is 0 Å². The minimum absolute atomic E-state index is 0.0173. The summed E-state index contributed by atoms with van der Waals surface area (Å²) in [5.74, 6) is 0.962. The van der Waals surface area contributed by atoms with E-state index in [2.05, 4.69) is 9.88 Å². The first-order chi connectivity index (χ1) is 13.1. The molecule has 0 radical (unpaired) electrons. The second-order valence-corrected chi connectivity index (χ2v) is 6.93. The van der Waals surface area contributed by atoms with Crippen LogP contribution in [0.5, 0.6) is 5.75 Å². The fraction of sp³-hybridized carbons (Fsp3) is 0.316. The number of pyridine rings is 1. The number of nitrogens with zero attached hydrogens (tertiary/aromatic N) is 4. The summed E-state index contributed by atoms with van der Waals surface area (Å²) in [6.45, 7) is 2.85. The van der Waals surface area contributed by atoms with Crippen molar-refractivity contribution in [2.24, 2.45) is 0 Å². The van der Waals surface area contributed by atoms with Gasteiger partial charge in [-0.25, -0.2) is 9.78 Å². The second-order valence-electron chi connectivity index (χ2n) is 6.50. The van der Waals surface area contributed by atoms with E-state index >= 15 is 0 Å². The summed E-state index contributed by atoms with van der Waals surface area (Å²) < 4.78 is 5.23. The molecule has 0 aliphatic carbocycles. The molecular weight excluding hydrogens is 368 g/mol. The Labute approximate surface area is 162 Å². The first kappa shape index (κ1) is 17.6. The van der Waals surface area contributed by atoms with Gasteiger partial charge in [-0.05, 0) is 30.3 Å². The molecule has 0 atom stereocenters. The monoisotopic (exact) mass is 386 g/mol. The third-order valence-electron chi connectivity index (χ3n) is 4.74. The summed E-state index contributed by atoms with van der Waals surface area (Å²) in [5.41, 5.74) is 0.669. The number of anilines is 2. The molecule has 1 amide bonds. The molecule has 2 aliphatic heterocycles. The highest BCUT2D eigenvalue weighted by Crippen LogP contribution is 2.34. The second kappa shape index (κ2) is 7.44. The Morgan fingerprint density at radius 3 is 2.70 bits per heavy atom. The van der Waals surface area contributed by atoms with E-state index in [1.807, 2.05) is 23.1 Å². The van der Waals surface area contributed by atoms with E-state index in [9.17, 15) is 9.59 Å². The van der Waals surface area contributed by atoms with Crippen molar-refractivity contribution in [1.82, 2.24) is 9.88 Å². The Balaban J connectivity index is 1.40. The SMILES string of the molecule is O=C1CN(CC(=O)N2CCN(c3ccccn3)CC2)c2cc(Cl)ccc2O1. The van der Waals surface area contributed by atoms with Crippen LogP contribution in [0.25, 0.3) is 0 Å². The molecule has 8 heteroatoms. The molecular formula is C19H19ClN4O3. The maximum atomic E-state index is 12.8. The van der Waals surface area contributed by atoms with Crippen molar-refractivity contribution in [1.29, 1.82) is 0 Å². The number of carbonyl (C=O) groups is 2. The first-order valence-electron chi connectivity index (χ1n) is 8.79. The number of aromatic nitrogens is 1. The van der Waals surface area contributed by atoms with Gasteiger partial charge in [0.2, 0.25) is 5.91 Å². The number of rotatable bonds is 3. The van der Waals surface area contributed by atoms with Gasteiger partial charge in [-0.3, -0.25) is 4.79 Å². The number of ether oxygens (including phenoxy) is 1. The number of esters is 1. The van der Waals surface area contributed by atoms with Crippen molar-refractivity contribution in [3.8, 4) is 5.75 Å². The molecule has 1 fully saturated rings. The van der Waals surface area contributed by atoms with Gasteiger partial charge in [0.1, 0.15) is 12.4 Å². The Hall–Kier alpha value is -2.80. The van der Waals surface area contributed by atoms with Crippen LogP contribution in [-0.2, 0) is 9.59 Å². The average molecular weight is 387 g/mol. The standard InChI is InChI=1S/C19H19ClN4O3/c20-14-4-5-16-15(11-14)24(13-19(26)27-16)12-18(25)23-9-7-22(8-10-23)17-3-1-2-6-21-17/h1-6,11H,7-10,12-13H2. The number of amides is 1. The molecule has 2 aliphatic rings. The quantitative estimate of drug-likeness (QED) is 0.592. The molecule has 7 nitrogen and oxygen atoms in total. The van der Waals surface area contributed by atoms with Crippen molar-refractivity contribution >= 4 is 35.0 Å². The summed E-state index contributed by atoms with van der Waals surface area (Å²) in [6.07, 6.45) is 1.77. The highest BCUT2D eigenvalue weighted by atomic mass is 35.5.